The van der Waals surface area contributed by atoms with Crippen LogP contribution in [0.25, 0.3) is 0 Å². The van der Waals surface area contributed by atoms with Gasteiger partial charge < -0.3 is 10.5 Å². The van der Waals surface area contributed by atoms with Gasteiger partial charge in [-0.2, -0.15) is 0 Å². The molecule has 0 fully saturated rings. The molecule has 2 rings (SSSR count). The largest absolute Gasteiger partial charge is 0.454 e. The Hall–Kier alpha value is -1.26. The number of anilines is 1. The van der Waals surface area contributed by atoms with E-state index in [0.717, 1.165) is 0 Å². The average molecular weight is 317 g/mol. The third-order valence-electron chi connectivity index (χ3n) is 2.09. The monoisotopic (exact) mass is 315 g/mol. The first-order valence-electron chi connectivity index (χ1n) is 4.74. The summed E-state index contributed by atoms with van der Waals surface area (Å²) in [5, 5.41) is 0.594. The normalized spacial score (nSPS) is 10.3. The first kappa shape index (κ1) is 12.2. The Kier molecular flexibility index (Phi) is 3.54. The maximum absolute atomic E-state index is 12.9. The van der Waals surface area contributed by atoms with E-state index in [1.807, 2.05) is 0 Å². The van der Waals surface area contributed by atoms with Gasteiger partial charge in [-0.3, -0.25) is 0 Å². The highest BCUT2D eigenvalue weighted by Gasteiger charge is 2.07. The Bertz CT molecular complexity index is 513. The van der Waals surface area contributed by atoms with Crippen LogP contribution in [0.15, 0.2) is 40.9 Å². The van der Waals surface area contributed by atoms with Crippen LogP contribution >= 0.6 is 27.5 Å². The first-order valence-corrected chi connectivity index (χ1v) is 5.91. The fourth-order valence-corrected chi connectivity index (χ4v) is 2.05. The van der Waals surface area contributed by atoms with Gasteiger partial charge in [-0.15, -0.1) is 0 Å². The van der Waals surface area contributed by atoms with Gasteiger partial charge >= 0.3 is 0 Å². The molecule has 2 aromatic rings. The van der Waals surface area contributed by atoms with Crippen molar-refractivity contribution in [2.45, 2.75) is 0 Å². The third-order valence-corrected chi connectivity index (χ3v) is 2.94. The molecule has 0 aliphatic heterocycles. The van der Waals surface area contributed by atoms with Crippen molar-refractivity contribution in [2.24, 2.45) is 0 Å². The van der Waals surface area contributed by atoms with E-state index in [1.165, 1.54) is 18.2 Å². The van der Waals surface area contributed by atoms with Crippen molar-refractivity contribution in [1.82, 2.24) is 0 Å². The van der Waals surface area contributed by atoms with Crippen molar-refractivity contribution in [3.8, 4) is 11.5 Å². The Morgan fingerprint density at radius 2 is 1.82 bits per heavy atom. The molecule has 2 N–H and O–H groups in total. The molecule has 88 valence electrons. The zero-order valence-electron chi connectivity index (χ0n) is 8.58. The molecule has 0 heterocycles. The molecule has 0 aliphatic carbocycles. The van der Waals surface area contributed by atoms with Gasteiger partial charge in [0.05, 0.1) is 10.2 Å². The summed E-state index contributed by atoms with van der Waals surface area (Å²) in [6, 6.07) is 9.08. The van der Waals surface area contributed by atoms with Crippen molar-refractivity contribution >= 4 is 33.2 Å². The number of hydrogen-bond acceptors (Lipinski definition) is 2. The van der Waals surface area contributed by atoms with Gasteiger partial charge in [-0.25, -0.2) is 4.39 Å². The van der Waals surface area contributed by atoms with Gasteiger partial charge in [0, 0.05) is 11.1 Å². The quantitative estimate of drug-likeness (QED) is 0.821. The summed E-state index contributed by atoms with van der Waals surface area (Å²) in [5.74, 6) is 0.562. The lowest BCUT2D eigenvalue weighted by molar-refractivity contribution is 0.480. The van der Waals surface area contributed by atoms with Crippen LogP contribution < -0.4 is 10.5 Å². The molecular weight excluding hydrogens is 308 g/mol. The van der Waals surface area contributed by atoms with Crippen LogP contribution in [0, 0.1) is 5.82 Å². The predicted molar refractivity (Wildman–Crippen MR) is 70.0 cm³/mol. The number of benzene rings is 2. The van der Waals surface area contributed by atoms with Gasteiger partial charge in [0.1, 0.15) is 11.6 Å². The molecular formula is C12H8BrClFNO. The summed E-state index contributed by atoms with van der Waals surface area (Å²) in [7, 11) is 0. The van der Waals surface area contributed by atoms with Gasteiger partial charge in [-0.05, 0) is 46.3 Å². The Balaban J connectivity index is 2.31. The van der Waals surface area contributed by atoms with Crippen LogP contribution in [0.4, 0.5) is 10.1 Å². The zero-order valence-corrected chi connectivity index (χ0v) is 10.9. The zero-order chi connectivity index (χ0) is 12.4. The number of hydrogen-bond donors (Lipinski definition) is 1. The van der Waals surface area contributed by atoms with E-state index in [1.54, 1.807) is 18.2 Å². The topological polar surface area (TPSA) is 35.2 Å². The summed E-state index contributed by atoms with van der Waals surface area (Å²) in [5.41, 5.74) is 5.89. The second-order valence-electron chi connectivity index (χ2n) is 3.36. The maximum atomic E-state index is 12.9. The Labute approximate surface area is 111 Å². The number of nitrogens with two attached hydrogens (primary N) is 1. The number of halogens is 3. The Morgan fingerprint density at radius 3 is 2.47 bits per heavy atom. The van der Waals surface area contributed by atoms with Crippen molar-refractivity contribution in [3.05, 3.63) is 51.7 Å². The van der Waals surface area contributed by atoms with E-state index in [4.69, 9.17) is 22.1 Å². The van der Waals surface area contributed by atoms with Crippen molar-refractivity contribution in [1.29, 1.82) is 0 Å². The maximum Gasteiger partial charge on any atom is 0.150 e. The van der Waals surface area contributed by atoms with Gasteiger partial charge in [-0.1, -0.05) is 11.6 Å². The van der Waals surface area contributed by atoms with Crippen LogP contribution in [0.2, 0.25) is 5.02 Å². The van der Waals surface area contributed by atoms with E-state index in [9.17, 15) is 4.39 Å². The summed E-state index contributed by atoms with van der Waals surface area (Å²) in [6.07, 6.45) is 0. The lowest BCUT2D eigenvalue weighted by Crippen LogP contribution is -1.93. The predicted octanol–water partition coefficient (Wildman–Crippen LogP) is 4.62. The lowest BCUT2D eigenvalue weighted by Gasteiger charge is -2.10. The molecule has 0 spiro atoms. The van der Waals surface area contributed by atoms with E-state index in [-0.39, 0.29) is 5.69 Å². The molecule has 2 nitrogen and oxygen atoms in total. The molecule has 0 unspecified atom stereocenters. The van der Waals surface area contributed by atoms with Crippen LogP contribution in [0.5, 0.6) is 11.5 Å². The number of nitrogen functional groups attached to an aromatic ring is 1. The van der Waals surface area contributed by atoms with E-state index < -0.39 is 5.82 Å². The fraction of sp³-hybridized carbons (Fsp3) is 0. The van der Waals surface area contributed by atoms with Crippen LogP contribution in [-0.4, -0.2) is 0 Å². The summed E-state index contributed by atoms with van der Waals surface area (Å²) in [6.45, 7) is 0. The van der Waals surface area contributed by atoms with Crippen molar-refractivity contribution in [2.75, 3.05) is 5.73 Å². The molecule has 0 saturated carbocycles. The smallest absolute Gasteiger partial charge is 0.150 e. The SMILES string of the molecule is Nc1cc(F)ccc1Oc1ccc(Cl)cc1Br. The highest BCUT2D eigenvalue weighted by atomic mass is 79.9. The molecule has 0 amide bonds. The van der Waals surface area contributed by atoms with E-state index >= 15 is 0 Å². The minimum atomic E-state index is -0.398. The van der Waals surface area contributed by atoms with Crippen LogP contribution in [0.1, 0.15) is 0 Å². The summed E-state index contributed by atoms with van der Waals surface area (Å²) in [4.78, 5) is 0. The molecule has 0 saturated heterocycles. The first-order chi connectivity index (χ1) is 8.06. The molecule has 0 aromatic heterocycles. The average Bonchev–Trinajstić information content (AvgIpc) is 2.25. The van der Waals surface area contributed by atoms with Crippen LogP contribution in [0.3, 0.4) is 0 Å². The second-order valence-corrected chi connectivity index (χ2v) is 4.65. The van der Waals surface area contributed by atoms with Crippen molar-refractivity contribution < 1.29 is 9.13 Å². The molecule has 0 bridgehead atoms. The molecule has 17 heavy (non-hydrogen) atoms. The molecule has 5 heteroatoms. The fourth-order valence-electron chi connectivity index (χ4n) is 1.29. The van der Waals surface area contributed by atoms with E-state index in [0.29, 0.717) is 21.0 Å². The summed E-state index contributed by atoms with van der Waals surface area (Å²) >= 11 is 9.13. The standard InChI is InChI=1S/C12H8BrClFNO/c13-9-5-7(14)1-3-11(9)17-12-4-2-8(15)6-10(12)16/h1-6H,16H2. The van der Waals surface area contributed by atoms with Gasteiger partial charge in [0.15, 0.2) is 5.75 Å². The number of rotatable bonds is 2. The highest BCUT2D eigenvalue weighted by Crippen LogP contribution is 2.34. The second kappa shape index (κ2) is 4.94. The molecule has 2 aromatic carbocycles. The minimum Gasteiger partial charge on any atom is -0.454 e. The molecule has 0 aliphatic rings. The van der Waals surface area contributed by atoms with Crippen molar-refractivity contribution in [3.63, 3.8) is 0 Å². The van der Waals surface area contributed by atoms with Gasteiger partial charge in [0.25, 0.3) is 0 Å². The third kappa shape index (κ3) is 2.90. The van der Waals surface area contributed by atoms with Gasteiger partial charge in [0.2, 0.25) is 0 Å². The molecule has 0 atom stereocenters. The van der Waals surface area contributed by atoms with Crippen LogP contribution in [-0.2, 0) is 0 Å². The minimum absolute atomic E-state index is 0.242. The molecule has 0 radical (unpaired) electrons. The lowest BCUT2D eigenvalue weighted by atomic mass is 10.3. The Morgan fingerprint density at radius 1 is 1.12 bits per heavy atom. The number of ether oxygens (including phenoxy) is 1. The highest BCUT2D eigenvalue weighted by molar-refractivity contribution is 9.10. The summed E-state index contributed by atoms with van der Waals surface area (Å²) < 4.78 is 19.1. The van der Waals surface area contributed by atoms with E-state index in [2.05, 4.69) is 15.9 Å².